The van der Waals surface area contributed by atoms with E-state index in [9.17, 15) is 14.4 Å². The minimum atomic E-state index is -0.677. The number of amides is 3. The van der Waals surface area contributed by atoms with Gasteiger partial charge in [-0.1, -0.05) is 24.3 Å². The third kappa shape index (κ3) is 5.13. The molecular formula is C22H25N3O4. The van der Waals surface area contributed by atoms with Crippen LogP contribution in [-0.2, 0) is 4.79 Å². The molecule has 0 saturated carbocycles. The number of benzene rings is 1. The maximum Gasteiger partial charge on any atom is 0.289 e. The second kappa shape index (κ2) is 9.73. The van der Waals surface area contributed by atoms with Crippen molar-refractivity contribution in [3.8, 4) is 0 Å². The predicted molar refractivity (Wildman–Crippen MR) is 108 cm³/mol. The lowest BCUT2D eigenvalue weighted by Crippen LogP contribution is -2.53. The van der Waals surface area contributed by atoms with Crippen LogP contribution in [0.1, 0.15) is 33.8 Å². The molecule has 3 amide bonds. The van der Waals surface area contributed by atoms with Crippen LogP contribution in [0, 0.1) is 5.92 Å². The van der Waals surface area contributed by atoms with E-state index >= 15 is 0 Å². The number of piperidine rings is 1. The lowest BCUT2D eigenvalue weighted by molar-refractivity contribution is -0.124. The number of rotatable bonds is 7. The van der Waals surface area contributed by atoms with Gasteiger partial charge in [0.25, 0.3) is 11.8 Å². The third-order valence-corrected chi connectivity index (χ3v) is 5.06. The number of likely N-dealkylation sites (tertiary alicyclic amines) is 1. The van der Waals surface area contributed by atoms with Crippen molar-refractivity contribution in [1.29, 1.82) is 0 Å². The van der Waals surface area contributed by atoms with E-state index in [0.29, 0.717) is 43.8 Å². The summed E-state index contributed by atoms with van der Waals surface area (Å²) in [6.07, 6.45) is 4.28. The Labute approximate surface area is 169 Å². The second-order valence-electron chi connectivity index (χ2n) is 6.96. The van der Waals surface area contributed by atoms with Crippen LogP contribution in [-0.4, -0.2) is 48.3 Å². The molecule has 0 spiro atoms. The fourth-order valence-corrected chi connectivity index (χ4v) is 3.49. The van der Waals surface area contributed by atoms with Crippen LogP contribution in [0.3, 0.4) is 0 Å². The molecule has 1 aromatic heterocycles. The second-order valence-corrected chi connectivity index (χ2v) is 6.96. The highest BCUT2D eigenvalue weighted by Gasteiger charge is 2.34. The molecule has 1 saturated heterocycles. The first kappa shape index (κ1) is 20.4. The quantitative estimate of drug-likeness (QED) is 0.704. The number of carbonyl (C=O) groups excluding carboxylic acids is 3. The number of hydrogen-bond acceptors (Lipinski definition) is 4. The SMILES string of the molecule is C=CCNC(=O)C(NC(=O)c1ccccc1)C1CCN(C(=O)c2ccco2)CC1. The highest BCUT2D eigenvalue weighted by molar-refractivity contribution is 5.97. The first-order valence-electron chi connectivity index (χ1n) is 9.67. The summed E-state index contributed by atoms with van der Waals surface area (Å²) < 4.78 is 5.19. The van der Waals surface area contributed by atoms with E-state index in [4.69, 9.17) is 4.42 Å². The number of hydrogen-bond donors (Lipinski definition) is 2. The molecule has 0 bridgehead atoms. The Morgan fingerprint density at radius 1 is 1.14 bits per heavy atom. The molecular weight excluding hydrogens is 370 g/mol. The zero-order valence-electron chi connectivity index (χ0n) is 16.2. The smallest absolute Gasteiger partial charge is 0.289 e. The van der Waals surface area contributed by atoms with Crippen LogP contribution in [0.25, 0.3) is 0 Å². The topological polar surface area (TPSA) is 91.7 Å². The van der Waals surface area contributed by atoms with Crippen LogP contribution in [0.2, 0.25) is 0 Å². The summed E-state index contributed by atoms with van der Waals surface area (Å²) in [5.74, 6) is -0.466. The molecule has 1 aliphatic rings. The summed E-state index contributed by atoms with van der Waals surface area (Å²) in [7, 11) is 0. The van der Waals surface area contributed by atoms with Crippen LogP contribution in [0.15, 0.2) is 65.8 Å². The molecule has 3 rings (SSSR count). The van der Waals surface area contributed by atoms with Gasteiger partial charge in [-0.3, -0.25) is 14.4 Å². The van der Waals surface area contributed by atoms with E-state index in [1.54, 1.807) is 47.4 Å². The van der Waals surface area contributed by atoms with E-state index in [-0.39, 0.29) is 23.6 Å². The van der Waals surface area contributed by atoms with Crippen molar-refractivity contribution in [2.45, 2.75) is 18.9 Å². The first-order valence-corrected chi connectivity index (χ1v) is 9.67. The Kier molecular flexibility index (Phi) is 6.84. The zero-order chi connectivity index (χ0) is 20.6. The van der Waals surface area contributed by atoms with Gasteiger partial charge in [0.15, 0.2) is 5.76 Å². The van der Waals surface area contributed by atoms with E-state index in [0.717, 1.165) is 0 Å². The molecule has 7 nitrogen and oxygen atoms in total. The summed E-state index contributed by atoms with van der Waals surface area (Å²) in [6.45, 7) is 4.93. The van der Waals surface area contributed by atoms with Gasteiger partial charge in [0.05, 0.1) is 6.26 Å². The molecule has 0 radical (unpaired) electrons. The fourth-order valence-electron chi connectivity index (χ4n) is 3.49. The van der Waals surface area contributed by atoms with Crippen molar-refractivity contribution in [2.24, 2.45) is 5.92 Å². The lowest BCUT2D eigenvalue weighted by Gasteiger charge is -2.35. The zero-order valence-corrected chi connectivity index (χ0v) is 16.2. The summed E-state index contributed by atoms with van der Waals surface area (Å²) >= 11 is 0. The predicted octanol–water partition coefficient (Wildman–Crippen LogP) is 2.23. The lowest BCUT2D eigenvalue weighted by atomic mass is 9.88. The molecule has 1 fully saturated rings. The van der Waals surface area contributed by atoms with Gasteiger partial charge in [0.1, 0.15) is 6.04 Å². The molecule has 1 aromatic carbocycles. The van der Waals surface area contributed by atoms with Crippen molar-refractivity contribution in [3.63, 3.8) is 0 Å². The molecule has 1 aliphatic heterocycles. The molecule has 2 aromatic rings. The van der Waals surface area contributed by atoms with E-state index in [2.05, 4.69) is 17.2 Å². The Bertz CT molecular complexity index is 840. The van der Waals surface area contributed by atoms with Crippen LogP contribution < -0.4 is 10.6 Å². The molecule has 0 aliphatic carbocycles. The van der Waals surface area contributed by atoms with Crippen molar-refractivity contribution >= 4 is 17.7 Å². The monoisotopic (exact) mass is 395 g/mol. The Morgan fingerprint density at radius 2 is 1.86 bits per heavy atom. The Hall–Kier alpha value is -3.35. The summed E-state index contributed by atoms with van der Waals surface area (Å²) in [5.41, 5.74) is 0.499. The number of nitrogens with zero attached hydrogens (tertiary/aromatic N) is 1. The van der Waals surface area contributed by atoms with Crippen LogP contribution in [0.5, 0.6) is 0 Å². The van der Waals surface area contributed by atoms with E-state index < -0.39 is 6.04 Å². The van der Waals surface area contributed by atoms with Crippen molar-refractivity contribution < 1.29 is 18.8 Å². The minimum Gasteiger partial charge on any atom is -0.459 e. The average Bonchev–Trinajstić information content (AvgIpc) is 3.31. The molecule has 2 heterocycles. The maximum absolute atomic E-state index is 12.7. The number of furan rings is 1. The highest BCUT2D eigenvalue weighted by Crippen LogP contribution is 2.23. The van der Waals surface area contributed by atoms with Gasteiger partial charge in [0.2, 0.25) is 5.91 Å². The summed E-state index contributed by atoms with van der Waals surface area (Å²) in [5, 5.41) is 5.65. The van der Waals surface area contributed by atoms with Crippen molar-refractivity contribution in [3.05, 3.63) is 72.7 Å². The van der Waals surface area contributed by atoms with Gasteiger partial charge in [-0.25, -0.2) is 0 Å². The Morgan fingerprint density at radius 3 is 2.48 bits per heavy atom. The summed E-state index contributed by atoms with van der Waals surface area (Å²) in [6, 6.07) is 11.4. The molecule has 29 heavy (non-hydrogen) atoms. The molecule has 1 unspecified atom stereocenters. The van der Waals surface area contributed by atoms with Gasteiger partial charge in [-0.2, -0.15) is 0 Å². The van der Waals surface area contributed by atoms with Gasteiger partial charge in [0, 0.05) is 25.2 Å². The van der Waals surface area contributed by atoms with Crippen LogP contribution in [0.4, 0.5) is 0 Å². The Balaban J connectivity index is 1.66. The molecule has 1 atom stereocenters. The van der Waals surface area contributed by atoms with Gasteiger partial charge in [-0.15, -0.1) is 6.58 Å². The van der Waals surface area contributed by atoms with Crippen molar-refractivity contribution in [2.75, 3.05) is 19.6 Å². The third-order valence-electron chi connectivity index (χ3n) is 5.06. The average molecular weight is 395 g/mol. The van der Waals surface area contributed by atoms with Gasteiger partial charge in [-0.05, 0) is 43.0 Å². The van der Waals surface area contributed by atoms with Gasteiger partial charge >= 0.3 is 0 Å². The molecule has 7 heteroatoms. The molecule has 2 N–H and O–H groups in total. The largest absolute Gasteiger partial charge is 0.459 e. The van der Waals surface area contributed by atoms with E-state index in [1.165, 1.54) is 6.26 Å². The van der Waals surface area contributed by atoms with Gasteiger partial charge < -0.3 is 20.0 Å². The standard InChI is InChI=1S/C22H25N3O4/c1-2-12-23-21(27)19(24-20(26)17-7-4-3-5-8-17)16-10-13-25(14-11-16)22(28)18-9-6-15-29-18/h2-9,15-16,19H,1,10-14H2,(H,23,27)(H,24,26). The van der Waals surface area contributed by atoms with Crippen LogP contribution >= 0.6 is 0 Å². The van der Waals surface area contributed by atoms with Crippen molar-refractivity contribution in [1.82, 2.24) is 15.5 Å². The fraction of sp³-hybridized carbons (Fsp3) is 0.318. The minimum absolute atomic E-state index is 0.0758. The molecule has 152 valence electrons. The highest BCUT2D eigenvalue weighted by atomic mass is 16.3. The summed E-state index contributed by atoms with van der Waals surface area (Å²) in [4.78, 5) is 39.5. The van der Waals surface area contributed by atoms with E-state index in [1.807, 2.05) is 6.07 Å². The normalized spacial score (nSPS) is 15.4. The number of nitrogens with one attached hydrogen (secondary N) is 2. The number of carbonyl (C=O) groups is 3. The maximum atomic E-state index is 12.7. The first-order chi connectivity index (χ1) is 14.1.